The summed E-state index contributed by atoms with van der Waals surface area (Å²) in [5, 5.41) is 13.7. The molecular formula is C19H21ClN2O4. The Morgan fingerprint density at radius 2 is 1.92 bits per heavy atom. The largest absolute Gasteiger partial charge is 0.479 e. The summed E-state index contributed by atoms with van der Waals surface area (Å²) in [6.45, 7) is 3.55. The lowest BCUT2D eigenvalue weighted by molar-refractivity contribution is -0.384. The van der Waals surface area contributed by atoms with Gasteiger partial charge in [-0.15, -0.1) is 0 Å². The minimum absolute atomic E-state index is 0.0129. The lowest BCUT2D eigenvalue weighted by atomic mass is 10.1. The van der Waals surface area contributed by atoms with Gasteiger partial charge < -0.3 is 10.1 Å². The maximum absolute atomic E-state index is 12.3. The number of hydrogen-bond acceptors (Lipinski definition) is 4. The first kappa shape index (κ1) is 19.7. The highest BCUT2D eigenvalue weighted by Gasteiger charge is 2.19. The monoisotopic (exact) mass is 376 g/mol. The van der Waals surface area contributed by atoms with E-state index in [9.17, 15) is 14.9 Å². The van der Waals surface area contributed by atoms with E-state index in [0.717, 1.165) is 12.8 Å². The first-order valence-corrected chi connectivity index (χ1v) is 8.69. The molecule has 0 fully saturated rings. The molecule has 0 radical (unpaired) electrons. The van der Waals surface area contributed by atoms with E-state index in [1.54, 1.807) is 6.92 Å². The molecule has 7 heteroatoms. The number of carbonyl (C=O) groups is 1. The van der Waals surface area contributed by atoms with Gasteiger partial charge in [-0.25, -0.2) is 0 Å². The van der Waals surface area contributed by atoms with Crippen LogP contribution in [0.3, 0.4) is 0 Å². The highest BCUT2D eigenvalue weighted by atomic mass is 35.5. The van der Waals surface area contributed by atoms with E-state index in [2.05, 4.69) is 17.4 Å². The Kier molecular flexibility index (Phi) is 6.97. The fourth-order valence-corrected chi connectivity index (χ4v) is 2.62. The molecule has 2 aromatic carbocycles. The molecule has 138 valence electrons. The zero-order valence-corrected chi connectivity index (χ0v) is 15.4. The number of carbonyl (C=O) groups excluding carboxylic acids is 1. The second kappa shape index (κ2) is 9.20. The Labute approximate surface area is 157 Å². The van der Waals surface area contributed by atoms with E-state index in [1.165, 1.54) is 23.8 Å². The molecule has 0 unspecified atom stereocenters. The van der Waals surface area contributed by atoms with Crippen molar-refractivity contribution < 1.29 is 14.5 Å². The normalized spacial score (nSPS) is 12.9. The molecule has 0 aliphatic heterocycles. The fourth-order valence-electron chi connectivity index (χ4n) is 2.40. The van der Waals surface area contributed by atoms with Gasteiger partial charge in [-0.05, 0) is 38.3 Å². The molecule has 2 rings (SSSR count). The number of nitrogens with zero attached hydrogens (tertiary/aromatic N) is 1. The van der Waals surface area contributed by atoms with Gasteiger partial charge in [0.1, 0.15) is 5.75 Å². The van der Waals surface area contributed by atoms with Crippen LogP contribution in [0.5, 0.6) is 5.75 Å². The molecule has 0 saturated carbocycles. The first-order valence-electron chi connectivity index (χ1n) is 8.31. The van der Waals surface area contributed by atoms with Crippen molar-refractivity contribution in [2.45, 2.75) is 38.8 Å². The Morgan fingerprint density at radius 1 is 1.23 bits per heavy atom. The van der Waals surface area contributed by atoms with Crippen LogP contribution in [0.1, 0.15) is 25.8 Å². The van der Waals surface area contributed by atoms with Gasteiger partial charge in [-0.2, -0.15) is 0 Å². The summed E-state index contributed by atoms with van der Waals surface area (Å²) in [5.41, 5.74) is 1.09. The van der Waals surface area contributed by atoms with Gasteiger partial charge in [0.15, 0.2) is 6.10 Å². The quantitative estimate of drug-likeness (QED) is 0.554. The van der Waals surface area contributed by atoms with E-state index >= 15 is 0 Å². The number of non-ortho nitro benzene ring substituents is 1. The maximum atomic E-state index is 12.3. The molecular weight excluding hydrogens is 356 g/mol. The Balaban J connectivity index is 1.86. The summed E-state index contributed by atoms with van der Waals surface area (Å²) in [5.74, 6) is -0.0307. The van der Waals surface area contributed by atoms with Gasteiger partial charge in [0, 0.05) is 18.2 Å². The third-order valence-corrected chi connectivity index (χ3v) is 4.19. The molecule has 0 spiro atoms. The highest BCUT2D eigenvalue weighted by molar-refractivity contribution is 6.32. The Hall–Kier alpha value is -2.60. The van der Waals surface area contributed by atoms with Crippen LogP contribution in [0.25, 0.3) is 0 Å². The molecule has 1 N–H and O–H groups in total. The molecule has 1 amide bonds. The van der Waals surface area contributed by atoms with Crippen molar-refractivity contribution in [3.63, 3.8) is 0 Å². The van der Waals surface area contributed by atoms with Crippen LogP contribution < -0.4 is 10.1 Å². The fraction of sp³-hybridized carbons (Fsp3) is 0.316. The van der Waals surface area contributed by atoms with Crippen LogP contribution in [0.4, 0.5) is 5.69 Å². The molecule has 0 heterocycles. The topological polar surface area (TPSA) is 81.5 Å². The van der Waals surface area contributed by atoms with Gasteiger partial charge in [0.2, 0.25) is 0 Å². The molecule has 0 aliphatic carbocycles. The first-order chi connectivity index (χ1) is 12.4. The number of hydrogen-bond donors (Lipinski definition) is 1. The number of rotatable bonds is 8. The molecule has 0 aliphatic rings. The van der Waals surface area contributed by atoms with Crippen LogP contribution in [0.2, 0.25) is 5.02 Å². The summed E-state index contributed by atoms with van der Waals surface area (Å²) in [7, 11) is 0. The Bertz CT molecular complexity index is 767. The Morgan fingerprint density at radius 3 is 2.54 bits per heavy atom. The summed E-state index contributed by atoms with van der Waals surface area (Å²) >= 11 is 5.98. The van der Waals surface area contributed by atoms with E-state index in [1.807, 2.05) is 25.1 Å². The number of halogens is 1. The zero-order chi connectivity index (χ0) is 19.1. The van der Waals surface area contributed by atoms with Crippen LogP contribution in [0.15, 0.2) is 48.5 Å². The summed E-state index contributed by atoms with van der Waals surface area (Å²) in [4.78, 5) is 22.4. The SMILES string of the molecule is C[C@H](Oc1ccc([N+](=O)[O-])cc1Cl)C(=O)N[C@@H](C)CCc1ccccc1. The number of amides is 1. The molecule has 0 saturated heterocycles. The second-order valence-corrected chi connectivity index (χ2v) is 6.47. The van der Waals surface area contributed by atoms with Crippen LogP contribution in [-0.2, 0) is 11.2 Å². The van der Waals surface area contributed by atoms with Crippen molar-refractivity contribution in [3.05, 3.63) is 69.2 Å². The van der Waals surface area contributed by atoms with Gasteiger partial charge in [-0.3, -0.25) is 14.9 Å². The standard InChI is InChI=1S/C19H21ClN2O4/c1-13(8-9-15-6-4-3-5-7-15)21-19(23)14(2)26-18-11-10-16(22(24)25)12-17(18)20/h3-7,10-14H,8-9H2,1-2H3,(H,21,23)/t13-,14-/m0/s1. The maximum Gasteiger partial charge on any atom is 0.271 e. The van der Waals surface area contributed by atoms with E-state index < -0.39 is 11.0 Å². The van der Waals surface area contributed by atoms with Gasteiger partial charge in [0.25, 0.3) is 11.6 Å². The third-order valence-electron chi connectivity index (χ3n) is 3.90. The number of aryl methyl sites for hydroxylation is 1. The molecule has 2 aromatic rings. The van der Waals surface area contributed by atoms with Crippen molar-refractivity contribution in [3.8, 4) is 5.75 Å². The predicted molar refractivity (Wildman–Crippen MR) is 101 cm³/mol. The minimum atomic E-state index is -0.770. The highest BCUT2D eigenvalue weighted by Crippen LogP contribution is 2.29. The zero-order valence-electron chi connectivity index (χ0n) is 14.6. The van der Waals surface area contributed by atoms with Crippen molar-refractivity contribution in [1.29, 1.82) is 0 Å². The number of benzene rings is 2. The smallest absolute Gasteiger partial charge is 0.271 e. The average molecular weight is 377 g/mol. The predicted octanol–water partition coefficient (Wildman–Crippen LogP) is 4.15. The van der Waals surface area contributed by atoms with Crippen molar-refractivity contribution in [2.24, 2.45) is 0 Å². The summed E-state index contributed by atoms with van der Waals surface area (Å²) in [6.07, 6.45) is 0.903. The van der Waals surface area contributed by atoms with Gasteiger partial charge in [-0.1, -0.05) is 41.9 Å². The molecule has 26 heavy (non-hydrogen) atoms. The van der Waals surface area contributed by atoms with E-state index in [0.29, 0.717) is 0 Å². The number of nitro benzene ring substituents is 1. The van der Waals surface area contributed by atoms with Crippen molar-refractivity contribution in [2.75, 3.05) is 0 Å². The second-order valence-electron chi connectivity index (χ2n) is 6.07. The lowest BCUT2D eigenvalue weighted by Crippen LogP contribution is -2.41. The average Bonchev–Trinajstić information content (AvgIpc) is 2.62. The molecule has 6 nitrogen and oxygen atoms in total. The summed E-state index contributed by atoms with van der Waals surface area (Å²) < 4.78 is 5.54. The number of nitro groups is 1. The van der Waals surface area contributed by atoms with Gasteiger partial charge >= 0.3 is 0 Å². The molecule has 0 aromatic heterocycles. The van der Waals surface area contributed by atoms with E-state index in [4.69, 9.17) is 16.3 Å². The van der Waals surface area contributed by atoms with Crippen LogP contribution in [-0.4, -0.2) is 23.0 Å². The van der Waals surface area contributed by atoms with Crippen molar-refractivity contribution >= 4 is 23.2 Å². The summed E-state index contributed by atoms with van der Waals surface area (Å²) in [6, 6.07) is 13.9. The van der Waals surface area contributed by atoms with Crippen LogP contribution >= 0.6 is 11.6 Å². The van der Waals surface area contributed by atoms with Gasteiger partial charge in [0.05, 0.1) is 9.95 Å². The third kappa shape index (κ3) is 5.74. The minimum Gasteiger partial charge on any atom is -0.479 e. The molecule has 0 bridgehead atoms. The number of ether oxygens (including phenoxy) is 1. The van der Waals surface area contributed by atoms with Crippen molar-refractivity contribution in [1.82, 2.24) is 5.32 Å². The number of nitrogens with one attached hydrogen (secondary N) is 1. The van der Waals surface area contributed by atoms with Crippen LogP contribution in [0, 0.1) is 10.1 Å². The molecule has 2 atom stereocenters. The van der Waals surface area contributed by atoms with E-state index in [-0.39, 0.29) is 28.4 Å². The lowest BCUT2D eigenvalue weighted by Gasteiger charge is -2.19.